The summed E-state index contributed by atoms with van der Waals surface area (Å²) in [6, 6.07) is 0.116. The van der Waals surface area contributed by atoms with Crippen LogP contribution in [0.2, 0.25) is 0 Å². The minimum Gasteiger partial charge on any atom is -0.398 e. The summed E-state index contributed by atoms with van der Waals surface area (Å²) < 4.78 is 0. The van der Waals surface area contributed by atoms with Crippen molar-refractivity contribution in [1.29, 1.82) is 0 Å². The lowest BCUT2D eigenvalue weighted by Gasteiger charge is -2.13. The van der Waals surface area contributed by atoms with E-state index in [0.717, 1.165) is 6.42 Å². The number of nitrogens with two attached hydrogens (primary N) is 3. The van der Waals surface area contributed by atoms with Crippen LogP contribution in [0.15, 0.2) is 11.5 Å². The first-order valence-electron chi connectivity index (χ1n) is 3.44. The van der Waals surface area contributed by atoms with Gasteiger partial charge in [-0.05, 0) is 6.42 Å². The third kappa shape index (κ3) is 0.903. The molecule has 1 aliphatic heterocycles. The Morgan fingerprint density at radius 3 is 2.30 bits per heavy atom. The topological polar surface area (TPSA) is 90.1 Å². The Morgan fingerprint density at radius 1 is 1.50 bits per heavy atom. The second kappa shape index (κ2) is 2.38. The number of nitrogens with one attached hydrogen (secondary N) is 1. The second-order valence-electron chi connectivity index (χ2n) is 2.55. The molecule has 1 rings (SSSR count). The van der Waals surface area contributed by atoms with Crippen LogP contribution in [0.25, 0.3) is 0 Å². The van der Waals surface area contributed by atoms with Crippen molar-refractivity contribution < 1.29 is 0 Å². The number of rotatable bonds is 1. The monoisotopic (exact) mass is 142 g/mol. The van der Waals surface area contributed by atoms with E-state index in [2.05, 4.69) is 5.32 Å². The summed E-state index contributed by atoms with van der Waals surface area (Å²) in [5.41, 5.74) is 17.3. The van der Waals surface area contributed by atoms with Crippen molar-refractivity contribution in [3.8, 4) is 0 Å². The normalized spacial score (nSPS) is 32.6. The zero-order valence-electron chi connectivity index (χ0n) is 6.09. The third-order valence-corrected chi connectivity index (χ3v) is 1.88. The third-order valence-electron chi connectivity index (χ3n) is 1.88. The van der Waals surface area contributed by atoms with E-state index in [0.29, 0.717) is 11.5 Å². The molecule has 7 N–H and O–H groups in total. The van der Waals surface area contributed by atoms with E-state index in [-0.39, 0.29) is 12.1 Å². The highest BCUT2D eigenvalue weighted by molar-refractivity contribution is 5.22. The van der Waals surface area contributed by atoms with Gasteiger partial charge in [0, 0.05) is 6.04 Å². The van der Waals surface area contributed by atoms with Crippen molar-refractivity contribution in [1.82, 2.24) is 5.32 Å². The molecule has 58 valence electrons. The van der Waals surface area contributed by atoms with Crippen LogP contribution in [0.4, 0.5) is 0 Å². The first kappa shape index (κ1) is 7.21. The van der Waals surface area contributed by atoms with Crippen LogP contribution in [0, 0.1) is 0 Å². The van der Waals surface area contributed by atoms with Gasteiger partial charge in [-0.25, -0.2) is 0 Å². The molecule has 0 aromatic heterocycles. The Hall–Kier alpha value is -0.900. The maximum Gasteiger partial charge on any atom is 0.117 e. The summed E-state index contributed by atoms with van der Waals surface area (Å²) in [7, 11) is 0. The van der Waals surface area contributed by atoms with Gasteiger partial charge in [0.25, 0.3) is 0 Å². The van der Waals surface area contributed by atoms with E-state index in [1.165, 1.54) is 0 Å². The Labute approximate surface area is 60.4 Å². The van der Waals surface area contributed by atoms with Crippen molar-refractivity contribution in [2.24, 2.45) is 17.2 Å². The minimum atomic E-state index is -0.106. The number of hydrogen-bond donors (Lipinski definition) is 4. The van der Waals surface area contributed by atoms with Gasteiger partial charge in [0.05, 0.1) is 11.7 Å². The van der Waals surface area contributed by atoms with Crippen molar-refractivity contribution in [2.75, 3.05) is 0 Å². The molecule has 0 saturated carbocycles. The van der Waals surface area contributed by atoms with E-state index in [1.807, 2.05) is 6.92 Å². The largest absolute Gasteiger partial charge is 0.398 e. The molecule has 4 nitrogen and oxygen atoms in total. The molecule has 0 spiro atoms. The second-order valence-corrected chi connectivity index (χ2v) is 2.55. The Bertz CT molecular complexity index is 163. The highest BCUT2D eigenvalue weighted by Gasteiger charge is 2.26. The van der Waals surface area contributed by atoms with E-state index in [1.54, 1.807) is 0 Å². The van der Waals surface area contributed by atoms with Gasteiger partial charge in [0.2, 0.25) is 0 Å². The molecule has 2 unspecified atom stereocenters. The van der Waals surface area contributed by atoms with Crippen molar-refractivity contribution in [3.63, 3.8) is 0 Å². The first-order chi connectivity index (χ1) is 4.66. The average Bonchev–Trinajstić information content (AvgIpc) is 2.17. The molecule has 0 saturated heterocycles. The maximum absolute atomic E-state index is 5.70. The molecule has 4 heteroatoms. The van der Waals surface area contributed by atoms with Crippen LogP contribution < -0.4 is 22.5 Å². The predicted octanol–water partition coefficient (Wildman–Crippen LogP) is -1.22. The van der Waals surface area contributed by atoms with E-state index in [4.69, 9.17) is 17.2 Å². The number of hydrogen-bond acceptors (Lipinski definition) is 4. The molecular formula is C6H14N4. The average molecular weight is 142 g/mol. The standard InChI is InChI=1S/C6H14N4/c1-2-3-4(7)5(8)6(9)10-3/h3-4,10H,2,7-9H2,1H3. The lowest BCUT2D eigenvalue weighted by molar-refractivity contribution is 0.529. The molecule has 1 heterocycles. The Balaban J connectivity index is 2.67. The zero-order valence-corrected chi connectivity index (χ0v) is 6.09. The van der Waals surface area contributed by atoms with E-state index in [9.17, 15) is 0 Å². The fraction of sp³-hybridized carbons (Fsp3) is 0.667. The van der Waals surface area contributed by atoms with Gasteiger partial charge in [-0.15, -0.1) is 0 Å². The van der Waals surface area contributed by atoms with E-state index < -0.39 is 0 Å². The summed E-state index contributed by atoms with van der Waals surface area (Å²) in [5.74, 6) is 0.541. The van der Waals surface area contributed by atoms with Crippen molar-refractivity contribution in [2.45, 2.75) is 25.4 Å². The molecule has 1 aliphatic rings. The molecule has 0 aromatic rings. The van der Waals surface area contributed by atoms with Crippen molar-refractivity contribution >= 4 is 0 Å². The predicted molar refractivity (Wildman–Crippen MR) is 40.6 cm³/mol. The van der Waals surface area contributed by atoms with Crippen LogP contribution in [0.3, 0.4) is 0 Å². The van der Waals surface area contributed by atoms with Gasteiger partial charge >= 0.3 is 0 Å². The lowest BCUT2D eigenvalue weighted by atomic mass is 10.1. The summed E-state index contributed by atoms with van der Waals surface area (Å²) in [4.78, 5) is 0. The molecular weight excluding hydrogens is 128 g/mol. The minimum absolute atomic E-state index is 0.106. The molecule has 0 amide bonds. The van der Waals surface area contributed by atoms with Gasteiger partial charge in [-0.2, -0.15) is 0 Å². The highest BCUT2D eigenvalue weighted by atomic mass is 15.1. The molecule has 0 fully saturated rings. The smallest absolute Gasteiger partial charge is 0.117 e. The molecule has 10 heavy (non-hydrogen) atoms. The summed E-state index contributed by atoms with van der Waals surface area (Å²) in [5, 5.41) is 3.01. The van der Waals surface area contributed by atoms with Gasteiger partial charge in [-0.3, -0.25) is 0 Å². The molecule has 0 bridgehead atoms. The van der Waals surface area contributed by atoms with Crippen LogP contribution in [-0.2, 0) is 0 Å². The van der Waals surface area contributed by atoms with Gasteiger partial charge < -0.3 is 22.5 Å². The summed E-state index contributed by atoms with van der Waals surface area (Å²) in [6.07, 6.45) is 0.947. The maximum atomic E-state index is 5.70. The first-order valence-corrected chi connectivity index (χ1v) is 3.44. The molecule has 2 atom stereocenters. The summed E-state index contributed by atoms with van der Waals surface area (Å²) in [6.45, 7) is 2.05. The van der Waals surface area contributed by atoms with Crippen LogP contribution in [-0.4, -0.2) is 12.1 Å². The molecule has 0 radical (unpaired) electrons. The quantitative estimate of drug-likeness (QED) is 0.369. The highest BCUT2D eigenvalue weighted by Crippen LogP contribution is 2.11. The van der Waals surface area contributed by atoms with Gasteiger partial charge in [0.15, 0.2) is 0 Å². The van der Waals surface area contributed by atoms with Crippen LogP contribution >= 0.6 is 0 Å². The fourth-order valence-corrected chi connectivity index (χ4v) is 1.13. The van der Waals surface area contributed by atoms with Crippen molar-refractivity contribution in [3.05, 3.63) is 11.5 Å². The molecule has 0 aromatic carbocycles. The van der Waals surface area contributed by atoms with Crippen LogP contribution in [0.1, 0.15) is 13.3 Å². The van der Waals surface area contributed by atoms with Gasteiger partial charge in [-0.1, -0.05) is 6.92 Å². The van der Waals surface area contributed by atoms with Gasteiger partial charge in [0.1, 0.15) is 5.82 Å². The summed E-state index contributed by atoms with van der Waals surface area (Å²) >= 11 is 0. The molecule has 0 aliphatic carbocycles. The van der Waals surface area contributed by atoms with E-state index >= 15 is 0 Å². The fourth-order valence-electron chi connectivity index (χ4n) is 1.13. The lowest BCUT2D eigenvalue weighted by Crippen LogP contribution is -2.39. The van der Waals surface area contributed by atoms with Crippen LogP contribution in [0.5, 0.6) is 0 Å². The zero-order chi connectivity index (χ0) is 7.72. The Morgan fingerprint density at radius 2 is 2.10 bits per heavy atom. The Kier molecular flexibility index (Phi) is 1.72. The SMILES string of the molecule is CCC1NC(N)=C(N)C1N.